The van der Waals surface area contributed by atoms with Gasteiger partial charge in [-0.25, -0.2) is 0 Å². The van der Waals surface area contributed by atoms with Crippen LogP contribution in [0.1, 0.15) is 37.8 Å². The van der Waals surface area contributed by atoms with Gasteiger partial charge in [0.15, 0.2) is 0 Å². The Labute approximate surface area is 123 Å². The lowest BCUT2D eigenvalue weighted by atomic mass is 10.1. The van der Waals surface area contributed by atoms with Crippen molar-refractivity contribution < 1.29 is 4.74 Å². The van der Waals surface area contributed by atoms with E-state index in [-0.39, 0.29) is 0 Å². The molecule has 112 valence electrons. The number of ether oxygens (including phenoxy) is 1. The van der Waals surface area contributed by atoms with Gasteiger partial charge in [0, 0.05) is 25.2 Å². The Morgan fingerprint density at radius 3 is 2.45 bits per heavy atom. The van der Waals surface area contributed by atoms with E-state index < -0.39 is 0 Å². The third-order valence-electron chi connectivity index (χ3n) is 3.76. The van der Waals surface area contributed by atoms with Crippen molar-refractivity contribution in [2.24, 2.45) is 0 Å². The van der Waals surface area contributed by atoms with Gasteiger partial charge in [0.05, 0.1) is 13.2 Å². The van der Waals surface area contributed by atoms with E-state index in [2.05, 4.69) is 55.4 Å². The van der Waals surface area contributed by atoms with Crippen LogP contribution in [-0.2, 0) is 17.9 Å². The number of nitrogens with zero attached hydrogens (tertiary/aromatic N) is 1. The quantitative estimate of drug-likeness (QED) is 0.702. The van der Waals surface area contributed by atoms with Crippen LogP contribution in [0.25, 0.3) is 0 Å². The molecule has 0 atom stereocenters. The molecule has 1 aliphatic carbocycles. The molecule has 3 heteroatoms. The van der Waals surface area contributed by atoms with Gasteiger partial charge in [0.1, 0.15) is 0 Å². The summed E-state index contributed by atoms with van der Waals surface area (Å²) in [5.74, 6) is 0. The molecule has 0 spiro atoms. The number of likely N-dealkylation sites (N-methyl/N-ethyl adjacent to an activating group) is 1. The molecule has 3 nitrogen and oxygen atoms in total. The summed E-state index contributed by atoms with van der Waals surface area (Å²) in [7, 11) is 2.19. The lowest BCUT2D eigenvalue weighted by Crippen LogP contribution is -2.25. The number of nitrogens with one attached hydrogen (secondary N) is 1. The maximum absolute atomic E-state index is 5.75. The van der Waals surface area contributed by atoms with Gasteiger partial charge in [-0.15, -0.1) is 0 Å². The summed E-state index contributed by atoms with van der Waals surface area (Å²) in [4.78, 5) is 2.40. The molecule has 1 aromatic carbocycles. The largest absolute Gasteiger partial charge is 0.375 e. The SMILES string of the molecule is CC(C)NCc1ccc(COCCN(C)C2CC2)cc1. The first-order valence-corrected chi connectivity index (χ1v) is 7.74. The van der Waals surface area contributed by atoms with Crippen LogP contribution in [0, 0.1) is 0 Å². The van der Waals surface area contributed by atoms with E-state index in [0.29, 0.717) is 6.04 Å². The number of hydrogen-bond acceptors (Lipinski definition) is 3. The fourth-order valence-electron chi connectivity index (χ4n) is 2.17. The van der Waals surface area contributed by atoms with Crippen LogP contribution in [0.5, 0.6) is 0 Å². The second kappa shape index (κ2) is 7.77. The third kappa shape index (κ3) is 5.61. The molecule has 0 aromatic heterocycles. The molecular weight excluding hydrogens is 248 g/mol. The third-order valence-corrected chi connectivity index (χ3v) is 3.76. The predicted octanol–water partition coefficient (Wildman–Crippen LogP) is 2.80. The van der Waals surface area contributed by atoms with Crippen LogP contribution in [-0.4, -0.2) is 37.2 Å². The van der Waals surface area contributed by atoms with Crippen LogP contribution in [0.15, 0.2) is 24.3 Å². The van der Waals surface area contributed by atoms with E-state index in [1.54, 1.807) is 0 Å². The lowest BCUT2D eigenvalue weighted by Gasteiger charge is -2.15. The summed E-state index contributed by atoms with van der Waals surface area (Å²) in [5.41, 5.74) is 2.59. The Hall–Kier alpha value is -0.900. The summed E-state index contributed by atoms with van der Waals surface area (Å²) >= 11 is 0. The van der Waals surface area contributed by atoms with Crippen molar-refractivity contribution in [3.8, 4) is 0 Å². The van der Waals surface area contributed by atoms with Crippen molar-refractivity contribution in [3.63, 3.8) is 0 Å². The van der Waals surface area contributed by atoms with Crippen LogP contribution < -0.4 is 5.32 Å². The van der Waals surface area contributed by atoms with Gasteiger partial charge in [-0.3, -0.25) is 0 Å². The Morgan fingerprint density at radius 1 is 1.20 bits per heavy atom. The van der Waals surface area contributed by atoms with Crippen LogP contribution in [0.4, 0.5) is 0 Å². The number of benzene rings is 1. The molecule has 0 radical (unpaired) electrons. The Morgan fingerprint density at radius 2 is 1.85 bits per heavy atom. The molecule has 2 rings (SSSR count). The van der Waals surface area contributed by atoms with Crippen molar-refractivity contribution in [2.75, 3.05) is 20.2 Å². The van der Waals surface area contributed by atoms with E-state index >= 15 is 0 Å². The summed E-state index contributed by atoms with van der Waals surface area (Å²) in [6.07, 6.45) is 2.73. The molecule has 1 N–H and O–H groups in total. The van der Waals surface area contributed by atoms with E-state index in [1.807, 2.05) is 0 Å². The molecule has 0 saturated heterocycles. The van der Waals surface area contributed by atoms with Gasteiger partial charge in [0.2, 0.25) is 0 Å². The molecule has 1 saturated carbocycles. The van der Waals surface area contributed by atoms with E-state index in [4.69, 9.17) is 4.74 Å². The molecule has 0 heterocycles. The number of hydrogen-bond donors (Lipinski definition) is 1. The fourth-order valence-corrected chi connectivity index (χ4v) is 2.17. The molecule has 0 aliphatic heterocycles. The highest BCUT2D eigenvalue weighted by Gasteiger charge is 2.25. The van der Waals surface area contributed by atoms with E-state index in [9.17, 15) is 0 Å². The standard InChI is InChI=1S/C17H28N2O/c1-14(2)18-12-15-4-6-16(7-5-15)13-20-11-10-19(3)17-8-9-17/h4-7,14,17-18H,8-13H2,1-3H3. The molecule has 1 fully saturated rings. The summed E-state index contributed by atoms with van der Waals surface area (Å²) in [5, 5.41) is 3.43. The second-order valence-corrected chi connectivity index (χ2v) is 6.12. The highest BCUT2D eigenvalue weighted by molar-refractivity contribution is 5.21. The van der Waals surface area contributed by atoms with Crippen molar-refractivity contribution in [3.05, 3.63) is 35.4 Å². The van der Waals surface area contributed by atoms with Crippen molar-refractivity contribution in [1.82, 2.24) is 10.2 Å². The lowest BCUT2D eigenvalue weighted by molar-refractivity contribution is 0.0978. The summed E-state index contributed by atoms with van der Waals surface area (Å²) in [6.45, 7) is 7.85. The Balaban J connectivity index is 1.62. The Bertz CT molecular complexity index is 384. The van der Waals surface area contributed by atoms with Crippen molar-refractivity contribution in [1.29, 1.82) is 0 Å². The molecule has 0 unspecified atom stereocenters. The molecular formula is C17H28N2O. The average molecular weight is 276 g/mol. The zero-order valence-corrected chi connectivity index (χ0v) is 13.1. The van der Waals surface area contributed by atoms with E-state index in [0.717, 1.165) is 32.3 Å². The summed E-state index contributed by atoms with van der Waals surface area (Å²) in [6, 6.07) is 10.1. The van der Waals surface area contributed by atoms with Gasteiger partial charge >= 0.3 is 0 Å². The minimum Gasteiger partial charge on any atom is -0.375 e. The molecule has 0 bridgehead atoms. The molecule has 20 heavy (non-hydrogen) atoms. The molecule has 0 amide bonds. The zero-order valence-electron chi connectivity index (χ0n) is 13.1. The maximum Gasteiger partial charge on any atom is 0.0717 e. The van der Waals surface area contributed by atoms with Gasteiger partial charge in [0.25, 0.3) is 0 Å². The van der Waals surface area contributed by atoms with Crippen LogP contribution in [0.3, 0.4) is 0 Å². The van der Waals surface area contributed by atoms with Gasteiger partial charge < -0.3 is 15.0 Å². The van der Waals surface area contributed by atoms with Gasteiger partial charge in [-0.2, -0.15) is 0 Å². The highest BCUT2D eigenvalue weighted by atomic mass is 16.5. The molecule has 1 aromatic rings. The zero-order chi connectivity index (χ0) is 14.4. The maximum atomic E-state index is 5.75. The predicted molar refractivity (Wildman–Crippen MR) is 83.7 cm³/mol. The first-order valence-electron chi connectivity index (χ1n) is 7.74. The van der Waals surface area contributed by atoms with Crippen molar-refractivity contribution >= 4 is 0 Å². The topological polar surface area (TPSA) is 24.5 Å². The van der Waals surface area contributed by atoms with Crippen LogP contribution >= 0.6 is 0 Å². The van der Waals surface area contributed by atoms with Crippen LogP contribution in [0.2, 0.25) is 0 Å². The smallest absolute Gasteiger partial charge is 0.0717 e. The molecule has 1 aliphatic rings. The van der Waals surface area contributed by atoms with E-state index in [1.165, 1.54) is 24.0 Å². The average Bonchev–Trinajstić information content (AvgIpc) is 3.27. The van der Waals surface area contributed by atoms with Crippen molar-refractivity contribution in [2.45, 2.75) is 51.9 Å². The normalized spacial score (nSPS) is 15.2. The first-order chi connectivity index (χ1) is 9.65. The minimum atomic E-state index is 0.529. The van der Waals surface area contributed by atoms with Gasteiger partial charge in [-0.05, 0) is 31.0 Å². The minimum absolute atomic E-state index is 0.529. The second-order valence-electron chi connectivity index (χ2n) is 6.12. The fraction of sp³-hybridized carbons (Fsp3) is 0.647. The van der Waals surface area contributed by atoms with Gasteiger partial charge in [-0.1, -0.05) is 38.1 Å². The highest BCUT2D eigenvalue weighted by Crippen LogP contribution is 2.24. The Kier molecular flexibility index (Phi) is 6.02. The number of rotatable bonds is 9. The summed E-state index contributed by atoms with van der Waals surface area (Å²) < 4.78 is 5.75. The first kappa shape index (κ1) is 15.5. The monoisotopic (exact) mass is 276 g/mol.